The van der Waals surface area contributed by atoms with Gasteiger partial charge in [0.1, 0.15) is 11.5 Å². The van der Waals surface area contributed by atoms with Crippen molar-refractivity contribution in [2.24, 2.45) is 0 Å². The maximum atomic E-state index is 12.5. The number of rotatable bonds is 5. The van der Waals surface area contributed by atoms with Crippen LogP contribution in [-0.4, -0.2) is 17.0 Å². The topological polar surface area (TPSA) is 75.6 Å². The smallest absolute Gasteiger partial charge is 0.337 e. The van der Waals surface area contributed by atoms with Crippen molar-refractivity contribution in [3.63, 3.8) is 0 Å². The molecule has 0 aliphatic heterocycles. The Kier molecular flexibility index (Phi) is 4.99. The van der Waals surface area contributed by atoms with E-state index >= 15 is 0 Å². The molecular formula is C21H17NO4. The number of carboxylic acid groups (broad SMARTS) is 1. The highest BCUT2D eigenvalue weighted by Gasteiger charge is 2.15. The molecule has 0 fully saturated rings. The number of carbonyl (C=O) groups excluding carboxylic acids is 1. The van der Waals surface area contributed by atoms with Gasteiger partial charge in [-0.1, -0.05) is 30.3 Å². The molecule has 0 radical (unpaired) electrons. The van der Waals surface area contributed by atoms with Crippen LogP contribution in [0.5, 0.6) is 11.5 Å². The minimum atomic E-state index is -1.09. The number of benzene rings is 3. The summed E-state index contributed by atoms with van der Waals surface area (Å²) < 4.78 is 5.75. The first-order valence-electron chi connectivity index (χ1n) is 8.02. The molecule has 0 bridgehead atoms. The van der Waals surface area contributed by atoms with Crippen molar-refractivity contribution in [2.45, 2.75) is 6.92 Å². The van der Waals surface area contributed by atoms with Gasteiger partial charge in [-0.25, -0.2) is 4.79 Å². The number of nitrogens with one attached hydrogen (secondary N) is 1. The van der Waals surface area contributed by atoms with E-state index in [9.17, 15) is 14.7 Å². The van der Waals surface area contributed by atoms with Crippen LogP contribution >= 0.6 is 0 Å². The number of anilines is 1. The predicted molar refractivity (Wildman–Crippen MR) is 99.0 cm³/mol. The molecule has 0 unspecified atom stereocenters. The van der Waals surface area contributed by atoms with Gasteiger partial charge >= 0.3 is 5.97 Å². The van der Waals surface area contributed by atoms with E-state index in [0.717, 1.165) is 5.56 Å². The fourth-order valence-corrected chi connectivity index (χ4v) is 2.55. The highest BCUT2D eigenvalue weighted by molar-refractivity contribution is 6.08. The summed E-state index contributed by atoms with van der Waals surface area (Å²) in [4.78, 5) is 23.8. The average molecular weight is 347 g/mol. The zero-order chi connectivity index (χ0) is 18.5. The monoisotopic (exact) mass is 347 g/mol. The number of aromatic carboxylic acids is 1. The molecule has 5 nitrogen and oxygen atoms in total. The quantitative estimate of drug-likeness (QED) is 0.699. The lowest BCUT2D eigenvalue weighted by Crippen LogP contribution is -2.15. The Hall–Kier alpha value is -3.60. The molecule has 0 saturated carbocycles. The number of carboxylic acids is 1. The Labute approximate surface area is 150 Å². The summed E-state index contributed by atoms with van der Waals surface area (Å²) in [7, 11) is 0. The van der Waals surface area contributed by atoms with Gasteiger partial charge in [-0.2, -0.15) is 0 Å². The number of ether oxygens (including phenoxy) is 1. The van der Waals surface area contributed by atoms with Crippen LogP contribution in [0.4, 0.5) is 5.69 Å². The van der Waals surface area contributed by atoms with Crippen LogP contribution < -0.4 is 10.1 Å². The maximum Gasteiger partial charge on any atom is 0.337 e. The van der Waals surface area contributed by atoms with Gasteiger partial charge in [0.25, 0.3) is 5.91 Å². The molecule has 26 heavy (non-hydrogen) atoms. The van der Waals surface area contributed by atoms with Crippen LogP contribution in [0.15, 0.2) is 72.8 Å². The van der Waals surface area contributed by atoms with E-state index in [1.165, 1.54) is 6.07 Å². The number of hydrogen-bond acceptors (Lipinski definition) is 3. The molecule has 0 spiro atoms. The summed E-state index contributed by atoms with van der Waals surface area (Å²) in [6.45, 7) is 1.80. The number of carbonyl (C=O) groups is 2. The van der Waals surface area contributed by atoms with E-state index in [-0.39, 0.29) is 17.2 Å². The van der Waals surface area contributed by atoms with E-state index in [0.29, 0.717) is 17.1 Å². The zero-order valence-corrected chi connectivity index (χ0v) is 14.1. The fraction of sp³-hybridized carbons (Fsp3) is 0.0476. The van der Waals surface area contributed by atoms with E-state index in [4.69, 9.17) is 4.74 Å². The second-order valence-electron chi connectivity index (χ2n) is 5.70. The molecule has 5 heteroatoms. The third-order valence-corrected chi connectivity index (χ3v) is 3.83. The maximum absolute atomic E-state index is 12.5. The van der Waals surface area contributed by atoms with Gasteiger partial charge in [-0.3, -0.25) is 4.79 Å². The van der Waals surface area contributed by atoms with Crippen molar-refractivity contribution in [2.75, 3.05) is 5.32 Å². The molecule has 3 aromatic rings. The normalized spacial score (nSPS) is 10.2. The highest BCUT2D eigenvalue weighted by Crippen LogP contribution is 2.24. The van der Waals surface area contributed by atoms with Crippen LogP contribution in [0.25, 0.3) is 0 Å². The van der Waals surface area contributed by atoms with Gasteiger partial charge in [-0.05, 0) is 55.0 Å². The van der Waals surface area contributed by atoms with Gasteiger partial charge in [0, 0.05) is 5.56 Å². The summed E-state index contributed by atoms with van der Waals surface area (Å²) in [5, 5.41) is 11.9. The molecule has 2 N–H and O–H groups in total. The average Bonchev–Trinajstić information content (AvgIpc) is 2.63. The van der Waals surface area contributed by atoms with Gasteiger partial charge in [-0.15, -0.1) is 0 Å². The SMILES string of the molecule is Cc1cc(Oc2ccccc2)ccc1C(=O)Nc1ccccc1C(=O)O. The number of amides is 1. The zero-order valence-electron chi connectivity index (χ0n) is 14.1. The Bertz CT molecular complexity index is 951. The number of hydrogen-bond donors (Lipinski definition) is 2. The molecule has 0 aromatic heterocycles. The molecule has 0 saturated heterocycles. The lowest BCUT2D eigenvalue weighted by molar-refractivity contribution is 0.0698. The molecule has 1 amide bonds. The predicted octanol–water partition coefficient (Wildman–Crippen LogP) is 4.74. The van der Waals surface area contributed by atoms with Gasteiger partial charge in [0.2, 0.25) is 0 Å². The van der Waals surface area contributed by atoms with Crippen LogP contribution in [0, 0.1) is 6.92 Å². The van der Waals surface area contributed by atoms with Crippen molar-refractivity contribution in [1.29, 1.82) is 0 Å². The highest BCUT2D eigenvalue weighted by atomic mass is 16.5. The molecule has 130 valence electrons. The van der Waals surface area contributed by atoms with Crippen molar-refractivity contribution in [3.8, 4) is 11.5 Å². The Morgan fingerprint density at radius 1 is 0.846 bits per heavy atom. The van der Waals surface area contributed by atoms with Crippen molar-refractivity contribution in [1.82, 2.24) is 0 Å². The largest absolute Gasteiger partial charge is 0.478 e. The van der Waals surface area contributed by atoms with E-state index < -0.39 is 5.97 Å². The molecule has 3 aromatic carbocycles. The standard InChI is InChI=1S/C21H17NO4/c1-14-13-16(26-15-7-3-2-4-8-15)11-12-17(14)20(23)22-19-10-6-5-9-18(19)21(24)25/h2-13H,1H3,(H,22,23)(H,24,25). The van der Waals surface area contributed by atoms with Gasteiger partial charge in [0.05, 0.1) is 11.3 Å². The molecule has 0 aliphatic carbocycles. The summed E-state index contributed by atoms with van der Waals surface area (Å²) in [6.07, 6.45) is 0. The van der Waals surface area contributed by atoms with E-state index in [1.807, 2.05) is 30.3 Å². The summed E-state index contributed by atoms with van der Waals surface area (Å²) in [6, 6.07) is 20.8. The lowest BCUT2D eigenvalue weighted by atomic mass is 10.1. The van der Waals surface area contributed by atoms with E-state index in [2.05, 4.69) is 5.32 Å². The van der Waals surface area contributed by atoms with Gasteiger partial charge in [0.15, 0.2) is 0 Å². The summed E-state index contributed by atoms with van der Waals surface area (Å²) >= 11 is 0. The van der Waals surface area contributed by atoms with Crippen LogP contribution in [-0.2, 0) is 0 Å². The second kappa shape index (κ2) is 7.53. The molecule has 0 aliphatic rings. The summed E-state index contributed by atoms with van der Waals surface area (Å²) in [5.41, 5.74) is 1.48. The van der Waals surface area contributed by atoms with Crippen LogP contribution in [0.1, 0.15) is 26.3 Å². The Balaban J connectivity index is 1.79. The minimum Gasteiger partial charge on any atom is -0.478 e. The molecule has 0 heterocycles. The molecular weight excluding hydrogens is 330 g/mol. The van der Waals surface area contributed by atoms with Gasteiger partial charge < -0.3 is 15.2 Å². The fourth-order valence-electron chi connectivity index (χ4n) is 2.55. The summed E-state index contributed by atoms with van der Waals surface area (Å²) in [5.74, 6) is -0.137. The second-order valence-corrected chi connectivity index (χ2v) is 5.70. The minimum absolute atomic E-state index is 0.0440. The van der Waals surface area contributed by atoms with E-state index in [1.54, 1.807) is 43.3 Å². The van der Waals surface area contributed by atoms with Crippen molar-refractivity contribution < 1.29 is 19.4 Å². The first-order chi connectivity index (χ1) is 12.5. The molecule has 3 rings (SSSR count). The first-order valence-corrected chi connectivity index (χ1v) is 8.02. The molecule has 0 atom stereocenters. The van der Waals surface area contributed by atoms with Crippen LogP contribution in [0.2, 0.25) is 0 Å². The first kappa shape index (κ1) is 17.2. The van der Waals surface area contributed by atoms with Crippen molar-refractivity contribution >= 4 is 17.6 Å². The van der Waals surface area contributed by atoms with Crippen LogP contribution in [0.3, 0.4) is 0 Å². The third-order valence-electron chi connectivity index (χ3n) is 3.83. The Morgan fingerprint density at radius 3 is 2.23 bits per heavy atom. The van der Waals surface area contributed by atoms with Crippen molar-refractivity contribution in [3.05, 3.63) is 89.5 Å². The number of para-hydroxylation sites is 2. The lowest BCUT2D eigenvalue weighted by Gasteiger charge is -2.12. The number of aryl methyl sites for hydroxylation is 1. The Morgan fingerprint density at radius 2 is 1.54 bits per heavy atom. The third kappa shape index (κ3) is 3.89.